The van der Waals surface area contributed by atoms with Crippen LogP contribution in [-0.4, -0.2) is 27.3 Å². The van der Waals surface area contributed by atoms with Gasteiger partial charge in [-0.15, -0.1) is 0 Å². The van der Waals surface area contributed by atoms with Crippen molar-refractivity contribution < 1.29 is 14.3 Å². The number of ether oxygens (including phenoxy) is 2. The molecule has 0 aromatic heterocycles. The Morgan fingerprint density at radius 3 is 1.88 bits per heavy atom. The first kappa shape index (κ1) is 10.4. The minimum Gasteiger partial charge on any atom is -0.468 e. The smallest absolute Gasteiger partial charge is 0.293 e. The SMILES string of the molecule is CCOC=O.COC. The lowest BCUT2D eigenvalue weighted by Gasteiger charge is -1.79. The number of hydrogen-bond acceptors (Lipinski definition) is 3. The zero-order valence-electron chi connectivity index (χ0n) is 5.51. The largest absolute Gasteiger partial charge is 0.468 e. The summed E-state index contributed by atoms with van der Waals surface area (Å²) in [7, 11) is 3.25. The molecule has 0 unspecified atom stereocenters. The van der Waals surface area contributed by atoms with Crippen LogP contribution in [0.4, 0.5) is 0 Å². The zero-order valence-corrected chi connectivity index (χ0v) is 5.51. The molecule has 0 saturated heterocycles. The van der Waals surface area contributed by atoms with Gasteiger partial charge in [0, 0.05) is 14.2 Å². The molecule has 0 aromatic carbocycles. The summed E-state index contributed by atoms with van der Waals surface area (Å²) in [6, 6.07) is 0. The van der Waals surface area contributed by atoms with Crippen molar-refractivity contribution in [3.63, 3.8) is 0 Å². The molecule has 0 aliphatic carbocycles. The fraction of sp³-hybridized carbons (Fsp3) is 0.800. The van der Waals surface area contributed by atoms with E-state index in [1.54, 1.807) is 21.1 Å². The van der Waals surface area contributed by atoms with Gasteiger partial charge in [-0.3, -0.25) is 4.79 Å². The Kier molecular flexibility index (Phi) is 21.0. The highest BCUT2D eigenvalue weighted by Crippen LogP contribution is 1.55. The van der Waals surface area contributed by atoms with Gasteiger partial charge < -0.3 is 9.47 Å². The topological polar surface area (TPSA) is 35.5 Å². The van der Waals surface area contributed by atoms with E-state index < -0.39 is 0 Å². The Hall–Kier alpha value is -0.570. The van der Waals surface area contributed by atoms with Gasteiger partial charge in [-0.05, 0) is 6.92 Å². The summed E-state index contributed by atoms with van der Waals surface area (Å²) in [6.07, 6.45) is 0. The minimum absolute atomic E-state index is 0.431. The summed E-state index contributed by atoms with van der Waals surface area (Å²) >= 11 is 0. The van der Waals surface area contributed by atoms with E-state index >= 15 is 0 Å². The van der Waals surface area contributed by atoms with E-state index in [0.717, 1.165) is 0 Å². The third kappa shape index (κ3) is 52.1. The summed E-state index contributed by atoms with van der Waals surface area (Å²) in [5, 5.41) is 0. The number of carbonyl (C=O) groups is 1. The van der Waals surface area contributed by atoms with Gasteiger partial charge in [0.05, 0.1) is 6.61 Å². The quantitative estimate of drug-likeness (QED) is 0.496. The molecule has 0 aliphatic rings. The van der Waals surface area contributed by atoms with E-state index in [9.17, 15) is 4.79 Å². The second-order valence-corrected chi connectivity index (χ2v) is 0.960. The first-order valence-electron chi connectivity index (χ1n) is 2.28. The van der Waals surface area contributed by atoms with Gasteiger partial charge >= 0.3 is 0 Å². The van der Waals surface area contributed by atoms with E-state index in [-0.39, 0.29) is 0 Å². The first-order valence-corrected chi connectivity index (χ1v) is 2.28. The van der Waals surface area contributed by atoms with Crippen LogP contribution < -0.4 is 0 Å². The van der Waals surface area contributed by atoms with Gasteiger partial charge in [-0.2, -0.15) is 0 Å². The Bertz CT molecular complexity index is 36.7. The van der Waals surface area contributed by atoms with Crippen molar-refractivity contribution in [2.75, 3.05) is 20.8 Å². The molecule has 0 saturated carbocycles. The monoisotopic (exact) mass is 120 g/mol. The molecule has 0 N–H and O–H groups in total. The Balaban J connectivity index is 0. The van der Waals surface area contributed by atoms with Crippen molar-refractivity contribution in [3.8, 4) is 0 Å². The summed E-state index contributed by atoms with van der Waals surface area (Å²) in [4.78, 5) is 9.18. The van der Waals surface area contributed by atoms with Crippen molar-refractivity contribution in [3.05, 3.63) is 0 Å². The lowest BCUT2D eigenvalue weighted by molar-refractivity contribution is -0.128. The molecule has 0 spiro atoms. The molecule has 0 atom stereocenters. The number of hydrogen-bond donors (Lipinski definition) is 0. The second-order valence-electron chi connectivity index (χ2n) is 0.960. The average Bonchev–Trinajstić information content (AvgIpc) is 1.71. The van der Waals surface area contributed by atoms with E-state index in [4.69, 9.17) is 0 Å². The van der Waals surface area contributed by atoms with Crippen LogP contribution in [0.1, 0.15) is 6.92 Å². The number of rotatable bonds is 2. The van der Waals surface area contributed by atoms with Crippen molar-refractivity contribution in [2.24, 2.45) is 0 Å². The van der Waals surface area contributed by atoms with Crippen LogP contribution in [0.5, 0.6) is 0 Å². The van der Waals surface area contributed by atoms with Gasteiger partial charge in [0.2, 0.25) is 0 Å². The fourth-order valence-corrected chi connectivity index (χ4v) is 0.0680. The minimum atomic E-state index is 0.431. The maximum atomic E-state index is 9.18. The molecule has 50 valence electrons. The summed E-state index contributed by atoms with van der Waals surface area (Å²) in [5.74, 6) is 0. The third-order valence-corrected chi connectivity index (χ3v) is 0.235. The Labute approximate surface area is 49.6 Å². The molecule has 0 amide bonds. The van der Waals surface area contributed by atoms with Crippen molar-refractivity contribution in [1.82, 2.24) is 0 Å². The summed E-state index contributed by atoms with van der Waals surface area (Å²) < 4.78 is 8.40. The van der Waals surface area contributed by atoms with Crippen LogP contribution in [-0.2, 0) is 14.3 Å². The average molecular weight is 120 g/mol. The molecule has 0 bridgehead atoms. The van der Waals surface area contributed by atoms with Crippen molar-refractivity contribution in [2.45, 2.75) is 6.92 Å². The van der Waals surface area contributed by atoms with Crippen LogP contribution in [0, 0.1) is 0 Å². The Morgan fingerprint density at radius 1 is 1.50 bits per heavy atom. The van der Waals surface area contributed by atoms with Crippen molar-refractivity contribution in [1.29, 1.82) is 0 Å². The lowest BCUT2D eigenvalue weighted by atomic mass is 10.9. The second kappa shape index (κ2) is 16.1. The highest BCUT2D eigenvalue weighted by molar-refractivity contribution is 5.36. The van der Waals surface area contributed by atoms with Crippen LogP contribution in [0.15, 0.2) is 0 Å². The first-order chi connectivity index (χ1) is 3.83. The number of methoxy groups -OCH3 is 1. The van der Waals surface area contributed by atoms with Crippen LogP contribution in [0.2, 0.25) is 0 Å². The maximum absolute atomic E-state index is 9.18. The normalized spacial score (nSPS) is 6.38. The Morgan fingerprint density at radius 2 is 1.88 bits per heavy atom. The molecule has 0 heterocycles. The molecular weight excluding hydrogens is 108 g/mol. The molecule has 0 rings (SSSR count). The van der Waals surface area contributed by atoms with Crippen LogP contribution in [0.25, 0.3) is 0 Å². The molecule has 3 heteroatoms. The molecule has 0 aliphatic heterocycles. The van der Waals surface area contributed by atoms with Gasteiger partial charge in [-0.1, -0.05) is 0 Å². The van der Waals surface area contributed by atoms with Gasteiger partial charge in [0.25, 0.3) is 6.47 Å². The van der Waals surface area contributed by atoms with E-state index in [1.807, 2.05) is 0 Å². The number of carbonyl (C=O) groups excluding carboxylic acids is 1. The predicted octanol–water partition coefficient (Wildman–Crippen LogP) is 0.442. The lowest BCUT2D eigenvalue weighted by Crippen LogP contribution is -1.80. The van der Waals surface area contributed by atoms with Crippen molar-refractivity contribution >= 4 is 6.47 Å². The molecule has 3 nitrogen and oxygen atoms in total. The highest BCUT2D eigenvalue weighted by Gasteiger charge is 1.60. The molecule has 8 heavy (non-hydrogen) atoms. The standard InChI is InChI=1S/C3H6O2.C2H6O/c1-2-5-3-4;1-3-2/h3H,2H2,1H3;1-2H3. The fourth-order valence-electron chi connectivity index (χ4n) is 0.0680. The summed E-state index contributed by atoms with van der Waals surface area (Å²) in [5.41, 5.74) is 0. The molecular formula is C5H12O3. The van der Waals surface area contributed by atoms with Gasteiger partial charge in [-0.25, -0.2) is 0 Å². The van der Waals surface area contributed by atoms with Crippen LogP contribution in [0.3, 0.4) is 0 Å². The van der Waals surface area contributed by atoms with E-state index in [1.165, 1.54) is 0 Å². The van der Waals surface area contributed by atoms with Gasteiger partial charge in [0.15, 0.2) is 0 Å². The van der Waals surface area contributed by atoms with E-state index in [2.05, 4.69) is 9.47 Å². The van der Waals surface area contributed by atoms with Crippen LogP contribution >= 0.6 is 0 Å². The zero-order chi connectivity index (χ0) is 6.83. The summed E-state index contributed by atoms with van der Waals surface area (Å²) in [6.45, 7) is 2.66. The predicted molar refractivity (Wildman–Crippen MR) is 30.6 cm³/mol. The third-order valence-electron chi connectivity index (χ3n) is 0.235. The van der Waals surface area contributed by atoms with E-state index in [0.29, 0.717) is 13.1 Å². The molecule has 0 aromatic rings. The molecule has 0 fully saturated rings. The van der Waals surface area contributed by atoms with Gasteiger partial charge in [0.1, 0.15) is 0 Å². The maximum Gasteiger partial charge on any atom is 0.293 e. The molecule has 0 radical (unpaired) electrons. The highest BCUT2D eigenvalue weighted by atomic mass is 16.5.